The quantitative estimate of drug-likeness (QED) is 0.158. The average Bonchev–Trinajstić information content (AvgIpc) is 3.70. The fourth-order valence-electron chi connectivity index (χ4n) is 5.45. The van der Waals surface area contributed by atoms with Crippen LogP contribution in [-0.4, -0.2) is 54.8 Å². The van der Waals surface area contributed by atoms with Crippen molar-refractivity contribution < 1.29 is 19.2 Å². The normalized spacial score (nSPS) is 12.0. The molecule has 1 aromatic carbocycles. The molecule has 0 saturated carbocycles. The van der Waals surface area contributed by atoms with Crippen LogP contribution in [0.2, 0.25) is 25.7 Å². The van der Waals surface area contributed by atoms with Gasteiger partial charge in [-0.2, -0.15) is 5.10 Å². The van der Waals surface area contributed by atoms with Gasteiger partial charge >= 0.3 is 5.97 Å². The number of carboxylic acid groups (broad SMARTS) is 1. The number of fused-ring (bicyclic) bond motifs is 3. The van der Waals surface area contributed by atoms with Crippen LogP contribution >= 0.6 is 0 Å². The Labute approximate surface area is 254 Å². The number of nitrogens with zero attached hydrogens (tertiary/aromatic N) is 6. The van der Waals surface area contributed by atoms with Crippen molar-refractivity contribution in [3.63, 3.8) is 0 Å². The third kappa shape index (κ3) is 5.26. The van der Waals surface area contributed by atoms with E-state index < -0.39 is 14.0 Å². The number of hydrogen-bond acceptors (Lipinski definition) is 7. The Morgan fingerprint density at radius 1 is 1.05 bits per heavy atom. The zero-order chi connectivity index (χ0) is 31.3. The molecule has 0 aliphatic heterocycles. The Balaban J connectivity index is 1.68. The average molecular weight is 611 g/mol. The maximum atomic E-state index is 14.0. The summed E-state index contributed by atoms with van der Waals surface area (Å²) in [5.41, 5.74) is 5.18. The van der Waals surface area contributed by atoms with Crippen LogP contribution in [0.5, 0.6) is 0 Å². The molecule has 0 amide bonds. The first kappa shape index (κ1) is 29.3. The van der Waals surface area contributed by atoms with E-state index in [4.69, 9.17) is 14.2 Å². The number of benzene rings is 1. The summed E-state index contributed by atoms with van der Waals surface area (Å²) in [4.78, 5) is 30.5. The zero-order valence-corrected chi connectivity index (χ0v) is 26.6. The lowest BCUT2D eigenvalue weighted by molar-refractivity contribution is 0.0697. The molecule has 0 aliphatic carbocycles. The summed E-state index contributed by atoms with van der Waals surface area (Å²) in [5.74, 6) is -0.704. The molecule has 0 atom stereocenters. The van der Waals surface area contributed by atoms with Crippen molar-refractivity contribution in [2.45, 2.75) is 39.3 Å². The van der Waals surface area contributed by atoms with E-state index in [-0.39, 0.29) is 11.1 Å². The van der Waals surface area contributed by atoms with Gasteiger partial charge in [-0.3, -0.25) is 9.48 Å². The maximum Gasteiger partial charge on any atom is 0.335 e. The molecule has 0 radical (unpaired) electrons. The minimum atomic E-state index is -1.29. The number of rotatable bonds is 9. The van der Waals surface area contributed by atoms with Crippen LogP contribution in [0, 0.1) is 6.92 Å². The molecular formula is C32H34N6O5Si. The fourth-order valence-corrected chi connectivity index (χ4v) is 6.21. The first-order valence-corrected chi connectivity index (χ1v) is 18.0. The van der Waals surface area contributed by atoms with Gasteiger partial charge in [0.05, 0.1) is 40.4 Å². The van der Waals surface area contributed by atoms with Crippen LogP contribution in [0.1, 0.15) is 16.1 Å². The number of pyridine rings is 2. The highest BCUT2D eigenvalue weighted by Gasteiger charge is 2.26. The van der Waals surface area contributed by atoms with Crippen LogP contribution in [0.4, 0.5) is 0 Å². The number of aryl methyl sites for hydroxylation is 3. The van der Waals surface area contributed by atoms with Crippen molar-refractivity contribution in [1.82, 2.24) is 29.1 Å². The van der Waals surface area contributed by atoms with E-state index in [1.54, 1.807) is 53.8 Å². The van der Waals surface area contributed by atoms with E-state index in [1.807, 2.05) is 17.8 Å². The number of hydrogen-bond donors (Lipinski definition) is 1. The second kappa shape index (κ2) is 11.0. The summed E-state index contributed by atoms with van der Waals surface area (Å²) < 4.78 is 17.2. The molecule has 6 aromatic rings. The Kier molecular flexibility index (Phi) is 7.34. The second-order valence-corrected chi connectivity index (χ2v) is 17.9. The predicted molar refractivity (Wildman–Crippen MR) is 171 cm³/mol. The zero-order valence-electron chi connectivity index (χ0n) is 25.6. The molecule has 6 rings (SSSR count). The van der Waals surface area contributed by atoms with Gasteiger partial charge < -0.3 is 23.5 Å². The Morgan fingerprint density at radius 3 is 2.41 bits per heavy atom. The highest BCUT2D eigenvalue weighted by molar-refractivity contribution is 6.76. The number of ether oxygens (including phenoxy) is 1. The molecule has 0 bridgehead atoms. The molecule has 11 nitrogen and oxygen atoms in total. The van der Waals surface area contributed by atoms with Gasteiger partial charge in [0.15, 0.2) is 5.76 Å². The minimum Gasteiger partial charge on any atom is -0.478 e. The number of carboxylic acids is 1. The van der Waals surface area contributed by atoms with Gasteiger partial charge in [-0.15, -0.1) is 0 Å². The second-order valence-electron chi connectivity index (χ2n) is 12.3. The lowest BCUT2D eigenvalue weighted by Crippen LogP contribution is -2.22. The monoisotopic (exact) mass is 610 g/mol. The van der Waals surface area contributed by atoms with Gasteiger partial charge in [0.2, 0.25) is 0 Å². The van der Waals surface area contributed by atoms with E-state index in [0.717, 1.165) is 28.1 Å². The molecule has 0 aliphatic rings. The number of carbonyl (C=O) groups is 1. The van der Waals surface area contributed by atoms with Gasteiger partial charge in [0.25, 0.3) is 5.56 Å². The van der Waals surface area contributed by atoms with E-state index in [2.05, 4.69) is 36.0 Å². The third-order valence-electron chi connectivity index (χ3n) is 7.80. The standard InChI is InChI=1S/C32H34N6O5Si/c1-19-13-26(43-35-19)29-27(20-7-9-21(10-8-20)32(40)41)28-23-14-24(22-15-34-36(2)17-22)38(18-42-11-12-44(4,5)6)30(23)33-16-25(28)37(3)31(29)39/h7-10,13-17H,11-12,18H2,1-6H3,(H,40,41). The molecule has 0 unspecified atom stereocenters. The summed E-state index contributed by atoms with van der Waals surface area (Å²) in [6.45, 7) is 9.68. The molecular weight excluding hydrogens is 576 g/mol. The van der Waals surface area contributed by atoms with Crippen molar-refractivity contribution in [3.8, 4) is 33.7 Å². The Morgan fingerprint density at radius 2 is 1.80 bits per heavy atom. The lowest BCUT2D eigenvalue weighted by atomic mass is 9.93. The van der Waals surface area contributed by atoms with Crippen molar-refractivity contribution in [3.05, 3.63) is 76.6 Å². The van der Waals surface area contributed by atoms with Crippen molar-refractivity contribution in [2.24, 2.45) is 14.1 Å². The summed E-state index contributed by atoms with van der Waals surface area (Å²) in [7, 11) is 2.28. The summed E-state index contributed by atoms with van der Waals surface area (Å²) in [6.07, 6.45) is 5.45. The lowest BCUT2D eigenvalue weighted by Gasteiger charge is -2.17. The topological polar surface area (TPSA) is 130 Å². The highest BCUT2D eigenvalue weighted by atomic mass is 28.3. The molecule has 44 heavy (non-hydrogen) atoms. The molecule has 5 heterocycles. The van der Waals surface area contributed by atoms with Crippen molar-refractivity contribution in [1.29, 1.82) is 0 Å². The van der Waals surface area contributed by atoms with E-state index in [0.29, 0.717) is 52.6 Å². The smallest absolute Gasteiger partial charge is 0.335 e. The summed E-state index contributed by atoms with van der Waals surface area (Å²) in [6, 6.07) is 11.3. The van der Waals surface area contributed by atoms with Crippen molar-refractivity contribution >= 4 is 36.0 Å². The summed E-state index contributed by atoms with van der Waals surface area (Å²) >= 11 is 0. The Hall–Kier alpha value is -4.81. The third-order valence-corrected chi connectivity index (χ3v) is 9.50. The van der Waals surface area contributed by atoms with Gasteiger partial charge in [-0.1, -0.05) is 36.9 Å². The molecule has 1 N–H and O–H groups in total. The van der Waals surface area contributed by atoms with Gasteiger partial charge in [-0.05, 0) is 36.7 Å². The maximum absolute atomic E-state index is 14.0. The van der Waals surface area contributed by atoms with Gasteiger partial charge in [-0.25, -0.2) is 9.78 Å². The first-order valence-electron chi connectivity index (χ1n) is 14.3. The minimum absolute atomic E-state index is 0.145. The molecule has 0 saturated heterocycles. The highest BCUT2D eigenvalue weighted by Crippen LogP contribution is 2.41. The van der Waals surface area contributed by atoms with Gasteiger partial charge in [0, 0.05) is 62.9 Å². The Bertz CT molecular complexity index is 2100. The molecule has 0 spiro atoms. The van der Waals surface area contributed by atoms with Crippen LogP contribution in [0.15, 0.2) is 64.3 Å². The number of aromatic carboxylic acids is 1. The van der Waals surface area contributed by atoms with E-state index in [1.165, 1.54) is 12.1 Å². The fraction of sp³-hybridized carbons (Fsp3) is 0.281. The first-order chi connectivity index (χ1) is 20.9. The molecule has 12 heteroatoms. The molecule has 5 aromatic heterocycles. The van der Waals surface area contributed by atoms with Crippen LogP contribution in [0.3, 0.4) is 0 Å². The van der Waals surface area contributed by atoms with E-state index >= 15 is 0 Å². The molecule has 0 fully saturated rings. The number of aromatic nitrogens is 6. The SMILES string of the molecule is Cc1cc(-c2c(-c3ccc(C(=O)O)cc3)c3c4cc(-c5cnn(C)c5)n(COCC[Si](C)(C)C)c4ncc3n(C)c2=O)on1. The predicted octanol–water partition coefficient (Wildman–Crippen LogP) is 5.93. The van der Waals surface area contributed by atoms with Gasteiger partial charge in [0.1, 0.15) is 12.4 Å². The molecule has 226 valence electrons. The summed E-state index contributed by atoms with van der Waals surface area (Å²) in [5, 5.41) is 19.6. The largest absolute Gasteiger partial charge is 0.478 e. The van der Waals surface area contributed by atoms with E-state index in [9.17, 15) is 14.7 Å². The van der Waals surface area contributed by atoms with Crippen LogP contribution in [-0.2, 0) is 25.6 Å². The van der Waals surface area contributed by atoms with Crippen LogP contribution in [0.25, 0.3) is 55.6 Å². The van der Waals surface area contributed by atoms with Crippen LogP contribution < -0.4 is 5.56 Å². The van der Waals surface area contributed by atoms with Crippen molar-refractivity contribution in [2.75, 3.05) is 6.61 Å².